The van der Waals surface area contributed by atoms with Crippen LogP contribution in [-0.4, -0.2) is 77.2 Å². The number of amides is 3. The molecule has 0 radical (unpaired) electrons. The maximum atomic E-state index is 12.7. The van der Waals surface area contributed by atoms with Crippen LogP contribution in [0.1, 0.15) is 20.3 Å². The van der Waals surface area contributed by atoms with Crippen LogP contribution in [-0.2, 0) is 24.0 Å². The molecule has 3 heterocycles. The van der Waals surface area contributed by atoms with Crippen LogP contribution < -0.4 is 16.1 Å². The highest BCUT2D eigenvalue weighted by molar-refractivity contribution is 8.03. The van der Waals surface area contributed by atoms with Crippen LogP contribution in [0.3, 0.4) is 0 Å². The summed E-state index contributed by atoms with van der Waals surface area (Å²) in [5.74, 6) is -4.74. The van der Waals surface area contributed by atoms with Crippen LogP contribution in [0.25, 0.3) is 0 Å². The number of carboxylic acids is 1. The maximum absolute atomic E-state index is 12.7. The first-order chi connectivity index (χ1) is 14.6. The lowest BCUT2D eigenvalue weighted by molar-refractivity contribution is -0.159. The van der Waals surface area contributed by atoms with Crippen molar-refractivity contribution in [2.24, 2.45) is 11.8 Å². The van der Waals surface area contributed by atoms with Crippen molar-refractivity contribution in [3.05, 3.63) is 10.6 Å². The Morgan fingerprint density at radius 3 is 2.61 bits per heavy atom. The van der Waals surface area contributed by atoms with Crippen molar-refractivity contribution in [2.45, 2.75) is 50.1 Å². The Morgan fingerprint density at radius 2 is 2.03 bits per heavy atom. The fourth-order valence-corrected chi connectivity index (χ4v) is 5.90. The van der Waals surface area contributed by atoms with E-state index in [4.69, 9.17) is 0 Å². The molecule has 10 nitrogen and oxygen atoms in total. The normalized spacial score (nSPS) is 30.8. The number of carbonyl (C=O) groups is 4. The lowest BCUT2D eigenvalue weighted by Gasteiger charge is -2.47. The number of hydrogen-bond donors (Lipinski definition) is 4. The summed E-state index contributed by atoms with van der Waals surface area (Å²) >= 11 is 1.29. The van der Waals surface area contributed by atoms with Gasteiger partial charge in [-0.3, -0.25) is 19.2 Å². The highest BCUT2D eigenvalue weighted by atomic mass is 32.2. The number of thioether (sulfide) groups is 1. The van der Waals surface area contributed by atoms with Crippen molar-refractivity contribution in [1.29, 1.82) is 0 Å². The van der Waals surface area contributed by atoms with Gasteiger partial charge in [-0.1, -0.05) is 6.92 Å². The third kappa shape index (κ3) is 4.26. The number of nitrogens with zero attached hydrogens (tertiary/aromatic N) is 1. The molecule has 2 fully saturated rings. The van der Waals surface area contributed by atoms with E-state index in [2.05, 4.69) is 21.0 Å². The standard InChI is InChI=1S/C18H24F2N4O6S/c1-6-11-10(7(2)22-16(26)14(19)20)17(27)24(11)12(18(28)29)13(6)31-8-4-9(21-5-8)15(25)23-30-3/h6-11,14,21H,4-5H2,1-3H3,(H,22,26)(H,23,25)(H,28,29)/t6-,7-,8+,9+,10-,11-/m1/s1. The second kappa shape index (κ2) is 9.09. The number of hydrogen-bond acceptors (Lipinski definition) is 7. The molecule has 0 bridgehead atoms. The third-order valence-corrected chi connectivity index (χ3v) is 7.31. The predicted molar refractivity (Wildman–Crippen MR) is 104 cm³/mol. The summed E-state index contributed by atoms with van der Waals surface area (Å²) in [6.45, 7) is 3.69. The number of carbonyl (C=O) groups excluding carboxylic acids is 3. The summed E-state index contributed by atoms with van der Waals surface area (Å²) in [6.07, 6.45) is -2.77. The predicted octanol–water partition coefficient (Wildman–Crippen LogP) is -0.330. The molecule has 0 unspecified atom stereocenters. The van der Waals surface area contributed by atoms with E-state index in [0.29, 0.717) is 17.9 Å². The Bertz CT molecular complexity index is 825. The van der Waals surface area contributed by atoms with Gasteiger partial charge in [0.2, 0.25) is 5.91 Å². The van der Waals surface area contributed by atoms with E-state index in [-0.39, 0.29) is 22.8 Å². The van der Waals surface area contributed by atoms with Gasteiger partial charge in [-0.2, -0.15) is 8.78 Å². The number of nitrogens with one attached hydrogen (secondary N) is 3. The molecule has 0 aromatic carbocycles. The van der Waals surface area contributed by atoms with Gasteiger partial charge in [0.1, 0.15) is 5.70 Å². The average molecular weight is 462 g/mol. The number of aliphatic carboxylic acids is 1. The fourth-order valence-electron chi connectivity index (χ4n) is 4.42. The van der Waals surface area contributed by atoms with Crippen molar-refractivity contribution in [3.63, 3.8) is 0 Å². The summed E-state index contributed by atoms with van der Waals surface area (Å²) in [4.78, 5) is 54.2. The van der Waals surface area contributed by atoms with Gasteiger partial charge in [0, 0.05) is 28.7 Å². The molecule has 3 amide bonds. The van der Waals surface area contributed by atoms with Crippen LogP contribution in [0.4, 0.5) is 8.78 Å². The van der Waals surface area contributed by atoms with Gasteiger partial charge < -0.3 is 20.6 Å². The summed E-state index contributed by atoms with van der Waals surface area (Å²) in [5, 5.41) is 14.8. The van der Waals surface area contributed by atoms with Gasteiger partial charge in [-0.15, -0.1) is 11.8 Å². The quantitative estimate of drug-likeness (QED) is 0.284. The first-order valence-corrected chi connectivity index (χ1v) is 10.6. The zero-order valence-electron chi connectivity index (χ0n) is 17.1. The van der Waals surface area contributed by atoms with E-state index < -0.39 is 48.3 Å². The number of hydroxylamine groups is 1. The molecule has 2 saturated heterocycles. The second-order valence-corrected chi connectivity index (χ2v) is 9.08. The van der Waals surface area contributed by atoms with E-state index in [1.807, 2.05) is 0 Å². The lowest BCUT2D eigenvalue weighted by Crippen LogP contribution is -2.66. The first-order valence-electron chi connectivity index (χ1n) is 9.70. The molecule has 6 atom stereocenters. The number of fused-ring (bicyclic) bond motifs is 1. The minimum Gasteiger partial charge on any atom is -0.477 e. The largest absolute Gasteiger partial charge is 0.477 e. The molecular formula is C18H24F2N4O6S. The van der Waals surface area contributed by atoms with E-state index in [1.165, 1.54) is 30.7 Å². The van der Waals surface area contributed by atoms with Gasteiger partial charge in [0.05, 0.1) is 25.1 Å². The number of alkyl halides is 2. The Kier molecular flexibility index (Phi) is 6.86. The minimum atomic E-state index is -3.20. The van der Waals surface area contributed by atoms with Gasteiger partial charge >= 0.3 is 12.4 Å². The molecule has 4 N–H and O–H groups in total. The van der Waals surface area contributed by atoms with E-state index >= 15 is 0 Å². The SMILES string of the molecule is CONC(=O)[C@@H]1C[C@H](SC2=C(C(=O)O)N3C(=O)[C@H]([C@@H](C)NC(=O)C(F)F)[C@H]3[C@H]2C)CN1. The number of carboxylic acid groups (broad SMARTS) is 1. The molecule has 0 aromatic heterocycles. The molecule has 31 heavy (non-hydrogen) atoms. The Hall–Kier alpha value is -2.25. The molecule has 3 aliphatic heterocycles. The van der Waals surface area contributed by atoms with Gasteiger partial charge in [-0.05, 0) is 13.3 Å². The summed E-state index contributed by atoms with van der Waals surface area (Å²) in [7, 11) is 1.33. The van der Waals surface area contributed by atoms with Crippen LogP contribution in [0.15, 0.2) is 10.6 Å². The first kappa shape index (κ1) is 23.4. The van der Waals surface area contributed by atoms with Crippen molar-refractivity contribution >= 4 is 35.5 Å². The summed E-state index contributed by atoms with van der Waals surface area (Å²) in [6, 6.07) is -1.90. The molecule has 0 aliphatic carbocycles. The zero-order valence-corrected chi connectivity index (χ0v) is 17.9. The van der Waals surface area contributed by atoms with E-state index in [0.717, 1.165) is 0 Å². The molecule has 13 heteroatoms. The highest BCUT2D eigenvalue weighted by Crippen LogP contribution is 2.51. The number of halogens is 2. The smallest absolute Gasteiger partial charge is 0.353 e. The van der Waals surface area contributed by atoms with Gasteiger partial charge in [0.15, 0.2) is 0 Å². The maximum Gasteiger partial charge on any atom is 0.353 e. The lowest BCUT2D eigenvalue weighted by atomic mass is 9.78. The van der Waals surface area contributed by atoms with Crippen molar-refractivity contribution in [3.8, 4) is 0 Å². The van der Waals surface area contributed by atoms with Gasteiger partial charge in [-0.25, -0.2) is 10.3 Å². The molecular weight excluding hydrogens is 438 g/mol. The molecule has 172 valence electrons. The van der Waals surface area contributed by atoms with E-state index in [9.17, 15) is 33.1 Å². The summed E-state index contributed by atoms with van der Waals surface area (Å²) < 4.78 is 25.1. The minimum absolute atomic E-state index is 0.109. The Morgan fingerprint density at radius 1 is 1.35 bits per heavy atom. The zero-order chi connectivity index (χ0) is 23.0. The Labute approximate surface area is 181 Å². The van der Waals surface area contributed by atoms with E-state index in [1.54, 1.807) is 6.92 Å². The Balaban J connectivity index is 1.74. The third-order valence-electron chi connectivity index (χ3n) is 5.80. The van der Waals surface area contributed by atoms with Crippen LogP contribution in [0.2, 0.25) is 0 Å². The molecule has 3 rings (SSSR count). The monoisotopic (exact) mass is 462 g/mol. The van der Waals surface area contributed by atoms with Crippen molar-refractivity contribution < 1.29 is 37.9 Å². The molecule has 0 saturated carbocycles. The molecule has 3 aliphatic rings. The number of β-lactam (4-membered cyclic amide) rings is 1. The van der Waals surface area contributed by atoms with Crippen molar-refractivity contribution in [2.75, 3.05) is 13.7 Å². The summed E-state index contributed by atoms with van der Waals surface area (Å²) in [5.41, 5.74) is 2.13. The average Bonchev–Trinajstić information content (AvgIpc) is 3.24. The topological polar surface area (TPSA) is 137 Å². The van der Waals surface area contributed by atoms with Crippen LogP contribution in [0, 0.1) is 11.8 Å². The van der Waals surface area contributed by atoms with Gasteiger partial charge in [0.25, 0.3) is 11.8 Å². The van der Waals surface area contributed by atoms with Crippen molar-refractivity contribution in [1.82, 2.24) is 21.0 Å². The molecule has 0 aromatic rings. The number of rotatable bonds is 8. The highest BCUT2D eigenvalue weighted by Gasteiger charge is 2.60. The van der Waals surface area contributed by atoms with Crippen LogP contribution >= 0.6 is 11.8 Å². The van der Waals surface area contributed by atoms with Crippen LogP contribution in [0.5, 0.6) is 0 Å². The molecule has 0 spiro atoms. The second-order valence-electron chi connectivity index (χ2n) is 7.74. The fraction of sp³-hybridized carbons (Fsp3) is 0.667.